The fourth-order valence-electron chi connectivity index (χ4n) is 6.99. The molecule has 0 radical (unpaired) electrons. The largest absolute Gasteiger partial charge is 0.489 e. The lowest BCUT2D eigenvalue weighted by Crippen LogP contribution is -2.52. The van der Waals surface area contributed by atoms with E-state index in [9.17, 15) is 19.2 Å². The number of unbranched alkanes of at least 4 members (excludes halogenated alkanes) is 1. The zero-order chi connectivity index (χ0) is 34.0. The summed E-state index contributed by atoms with van der Waals surface area (Å²) in [5.74, 6) is 0.555. The van der Waals surface area contributed by atoms with Crippen molar-refractivity contribution in [2.75, 3.05) is 39.3 Å². The number of piperidine rings is 4. The summed E-state index contributed by atoms with van der Waals surface area (Å²) in [6.45, 7) is 4.51. The van der Waals surface area contributed by atoms with Gasteiger partial charge >= 0.3 is 12.1 Å². The lowest BCUT2D eigenvalue weighted by atomic mass is 9.86. The fraction of sp³-hybridized carbons (Fsp3) is 0.436. The summed E-state index contributed by atoms with van der Waals surface area (Å²) in [4.78, 5) is 53.2. The minimum absolute atomic E-state index is 0.0653. The van der Waals surface area contributed by atoms with E-state index in [1.54, 1.807) is 17.0 Å². The molecule has 3 aromatic carbocycles. The molecule has 10 nitrogen and oxygen atoms in total. The van der Waals surface area contributed by atoms with Crippen LogP contribution in [0.5, 0.6) is 5.75 Å². The van der Waals surface area contributed by atoms with Crippen molar-refractivity contribution in [3.63, 3.8) is 0 Å². The van der Waals surface area contributed by atoms with Crippen molar-refractivity contribution >= 4 is 24.3 Å². The van der Waals surface area contributed by atoms with Crippen LogP contribution in [0.15, 0.2) is 78.9 Å². The Balaban J connectivity index is 1.02. The summed E-state index contributed by atoms with van der Waals surface area (Å²) in [6.07, 6.45) is 4.50. The first-order chi connectivity index (χ1) is 24.0. The standard InChI is InChI=1S/C39H45N3O7/c43-23-4-5-24-47-38(45)32-17-21-42(22-18-32)37(44)31-13-11-28(12-14-31)27-48-34-10-6-9-33(25-34)36(30-7-2-1-3-8-30)40-39(46)49-35-26-41-19-15-29(35)16-20-41/h1-3,6-14,23,25,29,32,35-36H,4-5,15-22,24,26-27H2,(H,40,46)/t35?,36-/m0/s1. The van der Waals surface area contributed by atoms with Crippen LogP contribution in [0.25, 0.3) is 0 Å². The molecule has 1 N–H and O–H groups in total. The van der Waals surface area contributed by atoms with E-state index >= 15 is 0 Å². The summed E-state index contributed by atoms with van der Waals surface area (Å²) >= 11 is 0. The molecule has 7 rings (SSSR count). The molecular formula is C39H45N3O7. The minimum Gasteiger partial charge on any atom is -0.489 e. The van der Waals surface area contributed by atoms with E-state index in [1.165, 1.54) is 0 Å². The maximum atomic E-state index is 13.2. The van der Waals surface area contributed by atoms with Gasteiger partial charge in [-0.3, -0.25) is 14.5 Å². The van der Waals surface area contributed by atoms with Gasteiger partial charge in [0.25, 0.3) is 5.91 Å². The third-order valence-corrected chi connectivity index (χ3v) is 9.87. The average Bonchev–Trinajstić information content (AvgIpc) is 3.15. The normalized spacial score (nSPS) is 21.0. The Bertz CT molecular complexity index is 1560. The number of benzene rings is 3. The number of likely N-dealkylation sites (tertiary alicyclic amines) is 1. The first kappa shape index (κ1) is 34.2. The molecule has 2 atom stereocenters. The number of esters is 1. The number of ether oxygens (including phenoxy) is 3. The average molecular weight is 668 g/mol. The van der Waals surface area contributed by atoms with E-state index < -0.39 is 12.1 Å². The van der Waals surface area contributed by atoms with Crippen molar-refractivity contribution in [1.29, 1.82) is 0 Å². The van der Waals surface area contributed by atoms with Crippen molar-refractivity contribution in [1.82, 2.24) is 15.1 Å². The molecule has 0 spiro atoms. The van der Waals surface area contributed by atoms with Gasteiger partial charge in [0, 0.05) is 31.6 Å². The number of hydrogen-bond donors (Lipinski definition) is 1. The number of nitrogens with one attached hydrogen (secondary N) is 1. The number of fused-ring (bicyclic) bond motifs is 3. The van der Waals surface area contributed by atoms with E-state index in [1.807, 2.05) is 66.7 Å². The highest BCUT2D eigenvalue weighted by Gasteiger charge is 2.37. The number of aldehydes is 1. The molecule has 0 aliphatic carbocycles. The maximum Gasteiger partial charge on any atom is 0.408 e. The van der Waals surface area contributed by atoms with Crippen LogP contribution in [0, 0.1) is 11.8 Å². The molecule has 0 aromatic heterocycles. The Labute approximate surface area is 287 Å². The lowest BCUT2D eigenvalue weighted by molar-refractivity contribution is -0.150. The Hall–Kier alpha value is -4.70. The highest BCUT2D eigenvalue weighted by molar-refractivity contribution is 5.94. The predicted octanol–water partition coefficient (Wildman–Crippen LogP) is 5.55. The Morgan fingerprint density at radius 3 is 2.29 bits per heavy atom. The minimum atomic E-state index is -0.414. The smallest absolute Gasteiger partial charge is 0.408 e. The van der Waals surface area contributed by atoms with Gasteiger partial charge in [0.15, 0.2) is 0 Å². The lowest BCUT2D eigenvalue weighted by Gasteiger charge is -2.43. The molecule has 4 aliphatic heterocycles. The molecule has 10 heteroatoms. The van der Waals surface area contributed by atoms with Crippen LogP contribution in [-0.4, -0.2) is 79.5 Å². The maximum absolute atomic E-state index is 13.2. The number of carbonyl (C=O) groups excluding carboxylic acids is 4. The number of alkyl carbamates (subject to hydrolysis) is 1. The second-order valence-electron chi connectivity index (χ2n) is 13.2. The molecule has 1 unspecified atom stereocenters. The van der Waals surface area contributed by atoms with Crippen LogP contribution in [0.3, 0.4) is 0 Å². The zero-order valence-corrected chi connectivity index (χ0v) is 27.8. The van der Waals surface area contributed by atoms with Crippen LogP contribution in [0.4, 0.5) is 4.79 Å². The van der Waals surface area contributed by atoms with Gasteiger partial charge in [-0.1, -0.05) is 54.6 Å². The third kappa shape index (κ3) is 9.06. The Morgan fingerprint density at radius 2 is 1.59 bits per heavy atom. The molecule has 4 aliphatic rings. The predicted molar refractivity (Wildman–Crippen MR) is 183 cm³/mol. The van der Waals surface area contributed by atoms with Crippen LogP contribution >= 0.6 is 0 Å². The van der Waals surface area contributed by atoms with Crippen LogP contribution < -0.4 is 10.1 Å². The second-order valence-corrected chi connectivity index (χ2v) is 13.2. The van der Waals surface area contributed by atoms with E-state index in [2.05, 4.69) is 10.2 Å². The molecule has 4 saturated heterocycles. The van der Waals surface area contributed by atoms with E-state index in [4.69, 9.17) is 14.2 Å². The molecular weight excluding hydrogens is 622 g/mol. The van der Waals surface area contributed by atoms with Gasteiger partial charge in [0.05, 0.1) is 18.6 Å². The van der Waals surface area contributed by atoms with Gasteiger partial charge in [-0.15, -0.1) is 0 Å². The van der Waals surface area contributed by atoms with Crippen molar-refractivity contribution in [2.45, 2.75) is 57.3 Å². The molecule has 2 bridgehead atoms. The SMILES string of the molecule is O=CCCCOC(=O)C1CCN(C(=O)c2ccc(COc3cccc([C@@H](NC(=O)OC4CN5CCC4CC5)c4ccccc4)c3)cc2)CC1. The van der Waals surface area contributed by atoms with Crippen LogP contribution in [0.2, 0.25) is 0 Å². The molecule has 4 fully saturated rings. The number of nitrogens with zero attached hydrogens (tertiary/aromatic N) is 2. The van der Waals surface area contributed by atoms with Gasteiger partial charge in [-0.25, -0.2) is 4.79 Å². The topological polar surface area (TPSA) is 114 Å². The molecule has 3 aromatic rings. The zero-order valence-electron chi connectivity index (χ0n) is 27.8. The summed E-state index contributed by atoms with van der Waals surface area (Å²) < 4.78 is 17.4. The third-order valence-electron chi connectivity index (χ3n) is 9.87. The summed E-state index contributed by atoms with van der Waals surface area (Å²) in [5, 5.41) is 3.12. The Morgan fingerprint density at radius 1 is 0.857 bits per heavy atom. The molecule has 4 heterocycles. The van der Waals surface area contributed by atoms with Crippen molar-refractivity contribution in [3.05, 3.63) is 101 Å². The molecule has 2 amide bonds. The summed E-state index contributed by atoms with van der Waals surface area (Å²) in [5.41, 5.74) is 3.32. The van der Waals surface area contributed by atoms with Gasteiger partial charge in [0.2, 0.25) is 0 Å². The Kier molecular flexibility index (Phi) is 11.6. The first-order valence-corrected chi connectivity index (χ1v) is 17.4. The van der Waals surface area contributed by atoms with Gasteiger partial charge < -0.3 is 29.2 Å². The van der Waals surface area contributed by atoms with Crippen molar-refractivity contribution in [3.8, 4) is 5.75 Å². The van der Waals surface area contributed by atoms with Crippen LogP contribution in [-0.2, 0) is 25.7 Å². The van der Waals surface area contributed by atoms with Crippen molar-refractivity contribution in [2.24, 2.45) is 11.8 Å². The van der Waals surface area contributed by atoms with E-state index in [0.717, 1.165) is 55.5 Å². The first-order valence-electron chi connectivity index (χ1n) is 17.4. The van der Waals surface area contributed by atoms with Gasteiger partial charge in [-0.2, -0.15) is 0 Å². The molecule has 0 saturated carbocycles. The van der Waals surface area contributed by atoms with Crippen LogP contribution in [0.1, 0.15) is 71.6 Å². The highest BCUT2D eigenvalue weighted by Crippen LogP contribution is 2.31. The van der Waals surface area contributed by atoms with Crippen molar-refractivity contribution < 1.29 is 33.4 Å². The van der Waals surface area contributed by atoms with Gasteiger partial charge in [0.1, 0.15) is 24.7 Å². The number of carbonyl (C=O) groups is 4. The number of amides is 2. The van der Waals surface area contributed by atoms with Gasteiger partial charge in [-0.05, 0) is 92.1 Å². The summed E-state index contributed by atoms with van der Waals surface area (Å²) in [7, 11) is 0. The second kappa shape index (κ2) is 16.6. The number of hydrogen-bond acceptors (Lipinski definition) is 8. The number of rotatable bonds is 13. The summed E-state index contributed by atoms with van der Waals surface area (Å²) in [6, 6.07) is 24.5. The highest BCUT2D eigenvalue weighted by atomic mass is 16.6. The monoisotopic (exact) mass is 667 g/mol. The quantitative estimate of drug-likeness (QED) is 0.143. The molecule has 258 valence electrons. The van der Waals surface area contributed by atoms with E-state index in [0.29, 0.717) is 62.6 Å². The van der Waals surface area contributed by atoms with E-state index in [-0.39, 0.29) is 30.5 Å². The molecule has 49 heavy (non-hydrogen) atoms. The fourth-order valence-corrected chi connectivity index (χ4v) is 6.99.